The van der Waals surface area contributed by atoms with E-state index < -0.39 is 11.9 Å². The van der Waals surface area contributed by atoms with Crippen molar-refractivity contribution in [3.63, 3.8) is 0 Å². The Morgan fingerprint density at radius 3 is 1.45 bits per heavy atom. The molecule has 0 unspecified atom stereocenters. The number of carbonyl (C=O) groups excluding carboxylic acids is 1. The number of carboxylic acid groups (broad SMARTS) is 1. The Kier molecular flexibility index (Phi) is 11.6. The molecule has 0 spiro atoms. The predicted octanol–water partition coefficient (Wildman–Crippen LogP) is 6.54. The number of halogens is 2. The first-order valence-corrected chi connectivity index (χ1v) is 15.9. The SMILES string of the molecule is COC(=O)c1ccc(-c2noc(-c3cc4c(C)ccc(Cl)c4o3)n2)cc1.Cc1ccc(Cl)c2oc(-c3nc(-c4ccc(C(=O)O)cc4)no3)cc12.[Li+].[OH-]. The van der Waals surface area contributed by atoms with Gasteiger partial charge in [0.15, 0.2) is 22.7 Å². The van der Waals surface area contributed by atoms with E-state index in [-0.39, 0.29) is 41.7 Å². The summed E-state index contributed by atoms with van der Waals surface area (Å²) < 4.78 is 26.8. The predicted molar refractivity (Wildman–Crippen MR) is 190 cm³/mol. The summed E-state index contributed by atoms with van der Waals surface area (Å²) in [6.45, 7) is 3.93. The third kappa shape index (κ3) is 7.75. The Morgan fingerprint density at radius 2 is 1.08 bits per heavy atom. The number of aromatic carboxylic acids is 1. The molecule has 262 valence electrons. The Balaban J connectivity index is 0.000000197. The molecule has 8 aromatic rings. The fourth-order valence-electron chi connectivity index (χ4n) is 5.18. The number of rotatable bonds is 6. The molecular weight excluding hydrogens is 722 g/mol. The molecule has 2 N–H and O–H groups in total. The number of furan rings is 2. The summed E-state index contributed by atoms with van der Waals surface area (Å²) in [5, 5.41) is 19.7. The Hall–Kier alpha value is -5.68. The van der Waals surface area contributed by atoms with Crippen LogP contribution in [0.5, 0.6) is 0 Å². The number of fused-ring (bicyclic) bond motifs is 2. The van der Waals surface area contributed by atoms with Crippen LogP contribution in [0.3, 0.4) is 0 Å². The smallest absolute Gasteiger partial charge is 0.870 e. The Bertz CT molecular complexity index is 2500. The Labute approximate surface area is 321 Å². The first-order chi connectivity index (χ1) is 24.6. The fourth-order valence-corrected chi connectivity index (χ4v) is 5.58. The first kappa shape index (κ1) is 38.5. The molecule has 0 aliphatic rings. The van der Waals surface area contributed by atoms with E-state index in [9.17, 15) is 9.59 Å². The van der Waals surface area contributed by atoms with Crippen LogP contribution in [-0.2, 0) is 4.74 Å². The van der Waals surface area contributed by atoms with E-state index in [0.717, 1.165) is 21.9 Å². The molecule has 13 nitrogen and oxygen atoms in total. The van der Waals surface area contributed by atoms with Crippen molar-refractivity contribution in [3.05, 3.63) is 117 Å². The van der Waals surface area contributed by atoms with Crippen LogP contribution in [0, 0.1) is 13.8 Å². The number of ether oxygens (including phenoxy) is 1. The van der Waals surface area contributed by atoms with E-state index in [4.69, 9.17) is 46.2 Å². The maximum absolute atomic E-state index is 11.5. The molecule has 0 atom stereocenters. The number of aromatic nitrogens is 4. The molecule has 0 fully saturated rings. The summed E-state index contributed by atoms with van der Waals surface area (Å²) in [5.41, 5.74) is 5.21. The maximum atomic E-state index is 11.5. The van der Waals surface area contributed by atoms with Crippen molar-refractivity contribution in [2.45, 2.75) is 13.8 Å². The maximum Gasteiger partial charge on any atom is 1.00 e. The summed E-state index contributed by atoms with van der Waals surface area (Å²) in [6.07, 6.45) is 0. The summed E-state index contributed by atoms with van der Waals surface area (Å²) in [7, 11) is 1.34. The summed E-state index contributed by atoms with van der Waals surface area (Å²) in [5.74, 6) is 0.686. The normalized spacial score (nSPS) is 10.7. The van der Waals surface area contributed by atoms with Gasteiger partial charge in [-0.25, -0.2) is 9.59 Å². The second kappa shape index (κ2) is 15.9. The van der Waals surface area contributed by atoms with E-state index in [0.29, 0.717) is 61.1 Å². The molecule has 8 rings (SSSR count). The van der Waals surface area contributed by atoms with Gasteiger partial charge >= 0.3 is 30.8 Å². The zero-order valence-corrected chi connectivity index (χ0v) is 29.9. The van der Waals surface area contributed by atoms with Gasteiger partial charge in [-0.05, 0) is 73.5 Å². The monoisotopic (exact) mass is 746 g/mol. The Morgan fingerprint density at radius 1 is 0.660 bits per heavy atom. The largest absolute Gasteiger partial charge is 1.00 e. The van der Waals surface area contributed by atoms with Gasteiger partial charge in [0.2, 0.25) is 11.6 Å². The van der Waals surface area contributed by atoms with E-state index in [1.54, 1.807) is 54.6 Å². The number of nitrogens with zero attached hydrogens (tertiary/aromatic N) is 4. The van der Waals surface area contributed by atoms with Crippen molar-refractivity contribution in [1.82, 2.24) is 20.3 Å². The molecule has 53 heavy (non-hydrogen) atoms. The first-order valence-electron chi connectivity index (χ1n) is 15.2. The molecular formula is C37H25Cl2LiN4O9. The second-order valence-corrected chi connectivity index (χ2v) is 12.0. The van der Waals surface area contributed by atoms with Crippen molar-refractivity contribution in [1.29, 1.82) is 0 Å². The van der Waals surface area contributed by atoms with Crippen LogP contribution in [0.2, 0.25) is 10.0 Å². The minimum atomic E-state index is -0.991. The number of hydrogen-bond acceptors (Lipinski definition) is 12. The average molecular weight is 747 g/mol. The van der Waals surface area contributed by atoms with Gasteiger partial charge in [0.05, 0.1) is 28.3 Å². The molecule has 0 bridgehead atoms. The van der Waals surface area contributed by atoms with Gasteiger partial charge in [0.1, 0.15) is 0 Å². The van der Waals surface area contributed by atoms with Gasteiger partial charge in [-0.3, -0.25) is 0 Å². The number of benzene rings is 4. The third-order valence-corrected chi connectivity index (χ3v) is 8.53. The summed E-state index contributed by atoms with van der Waals surface area (Å²) in [6, 6.07) is 24.0. The van der Waals surface area contributed by atoms with Crippen LogP contribution in [0.15, 0.2) is 103 Å². The number of aryl methyl sites for hydroxylation is 2. The van der Waals surface area contributed by atoms with E-state index in [1.807, 2.05) is 32.0 Å². The summed E-state index contributed by atoms with van der Waals surface area (Å²) in [4.78, 5) is 31.1. The van der Waals surface area contributed by atoms with Crippen LogP contribution < -0.4 is 18.9 Å². The van der Waals surface area contributed by atoms with Crippen LogP contribution >= 0.6 is 23.2 Å². The number of methoxy groups -OCH3 is 1. The molecule has 16 heteroatoms. The van der Waals surface area contributed by atoms with Gasteiger partial charge < -0.3 is 33.2 Å². The minimum Gasteiger partial charge on any atom is -0.870 e. The zero-order valence-electron chi connectivity index (χ0n) is 28.4. The van der Waals surface area contributed by atoms with Crippen molar-refractivity contribution in [3.8, 4) is 46.1 Å². The molecule has 0 amide bonds. The molecule has 4 heterocycles. The van der Waals surface area contributed by atoms with Crippen molar-refractivity contribution < 1.29 is 61.6 Å². The molecule has 0 saturated heterocycles. The van der Waals surface area contributed by atoms with E-state index in [1.165, 1.54) is 19.2 Å². The number of carboxylic acids is 1. The fraction of sp³-hybridized carbons (Fsp3) is 0.0811. The molecule has 0 saturated carbocycles. The number of esters is 1. The molecule has 4 aromatic carbocycles. The van der Waals surface area contributed by atoms with E-state index >= 15 is 0 Å². The van der Waals surface area contributed by atoms with Gasteiger partial charge in [-0.15, -0.1) is 0 Å². The average Bonchev–Trinajstić information content (AvgIpc) is 3.97. The number of hydrogen-bond donors (Lipinski definition) is 1. The van der Waals surface area contributed by atoms with E-state index in [2.05, 4.69) is 25.0 Å². The molecule has 0 radical (unpaired) electrons. The molecule has 0 aliphatic heterocycles. The molecule has 4 aromatic heterocycles. The van der Waals surface area contributed by atoms with Gasteiger partial charge in [-0.2, -0.15) is 9.97 Å². The number of carbonyl (C=O) groups is 2. The van der Waals surface area contributed by atoms with Gasteiger partial charge in [0.25, 0.3) is 11.8 Å². The zero-order chi connectivity index (χ0) is 35.8. The van der Waals surface area contributed by atoms with Crippen LogP contribution in [0.1, 0.15) is 31.8 Å². The van der Waals surface area contributed by atoms with Crippen LogP contribution in [0.25, 0.3) is 68.0 Å². The third-order valence-electron chi connectivity index (χ3n) is 7.93. The van der Waals surface area contributed by atoms with Crippen molar-refractivity contribution in [2.24, 2.45) is 0 Å². The van der Waals surface area contributed by atoms with Crippen LogP contribution in [0.4, 0.5) is 0 Å². The standard InChI is InChI=1S/C19H13ClN2O4.C18H11ClN2O4.Li.H2O/c1-10-3-8-14(20)16-13(10)9-15(25-16)18-21-17(22-26-18)11-4-6-12(7-5-11)19(23)24-2;1-9-2-7-13(19)15-12(9)8-14(24-15)17-20-16(21-25-17)10-3-5-11(6-4-10)18(22)23;;/h3-9H,1-2H3;2-8H,1H3,(H,22,23);;1H2/q;;+1;/p-1. The minimum absolute atomic E-state index is 0. The van der Waals surface area contributed by atoms with Gasteiger partial charge in [-0.1, -0.05) is 69.9 Å². The van der Waals surface area contributed by atoms with Gasteiger partial charge in [0, 0.05) is 21.9 Å². The van der Waals surface area contributed by atoms with Crippen LogP contribution in [-0.4, -0.2) is 49.9 Å². The van der Waals surface area contributed by atoms with Crippen molar-refractivity contribution in [2.75, 3.05) is 7.11 Å². The second-order valence-electron chi connectivity index (χ2n) is 11.2. The summed E-state index contributed by atoms with van der Waals surface area (Å²) >= 11 is 12.3. The topological polar surface area (TPSA) is 198 Å². The quantitative estimate of drug-likeness (QED) is 0.142. The van der Waals surface area contributed by atoms with Crippen molar-refractivity contribution >= 4 is 57.1 Å². The molecule has 0 aliphatic carbocycles.